The Morgan fingerprint density at radius 3 is 2.38 bits per heavy atom. The summed E-state index contributed by atoms with van der Waals surface area (Å²) in [7, 11) is -1.71. The molecule has 6 heteroatoms. The van der Waals surface area contributed by atoms with Gasteiger partial charge in [0.1, 0.15) is 4.90 Å². The van der Waals surface area contributed by atoms with Crippen LogP contribution in [0, 0.1) is 0 Å². The summed E-state index contributed by atoms with van der Waals surface area (Å²) in [6.07, 6.45) is 8.31. The second-order valence-corrected chi connectivity index (χ2v) is 8.02. The summed E-state index contributed by atoms with van der Waals surface area (Å²) in [5, 5.41) is 0. The number of halogens is 1. The highest BCUT2D eigenvalue weighted by atomic mass is 35.5. The van der Waals surface area contributed by atoms with Crippen molar-refractivity contribution in [2.45, 2.75) is 68.8 Å². The molecule has 120 valence electrons. The molecular weight excluding hydrogens is 308 g/mol. The lowest BCUT2D eigenvalue weighted by Gasteiger charge is -2.26. The highest BCUT2D eigenvalue weighted by molar-refractivity contribution is 7.89. The maximum atomic E-state index is 12.8. The molecule has 0 bridgehead atoms. The first kappa shape index (κ1) is 16.8. The fourth-order valence-corrected chi connectivity index (χ4v) is 4.77. The van der Waals surface area contributed by atoms with Crippen LogP contribution >= 0.6 is 11.6 Å². The highest BCUT2D eigenvalue weighted by Crippen LogP contribution is 2.27. The monoisotopic (exact) mass is 332 g/mol. The van der Waals surface area contributed by atoms with Crippen LogP contribution in [0.5, 0.6) is 0 Å². The van der Waals surface area contributed by atoms with E-state index in [4.69, 9.17) is 11.6 Å². The summed E-state index contributed by atoms with van der Waals surface area (Å²) in [6.45, 7) is 2.71. The first-order valence-electron chi connectivity index (χ1n) is 7.73. The second-order valence-electron chi connectivity index (χ2n) is 5.75. The molecule has 0 aromatic carbocycles. The largest absolute Gasteiger partial charge is 0.349 e. The van der Waals surface area contributed by atoms with Crippen LogP contribution in [0.1, 0.15) is 51.1 Å². The van der Waals surface area contributed by atoms with Crippen molar-refractivity contribution < 1.29 is 8.42 Å². The predicted octanol–water partition coefficient (Wildman–Crippen LogP) is 3.59. The summed E-state index contributed by atoms with van der Waals surface area (Å²) >= 11 is 5.89. The molecule has 0 N–H and O–H groups in total. The van der Waals surface area contributed by atoms with Gasteiger partial charge >= 0.3 is 0 Å². The van der Waals surface area contributed by atoms with Crippen LogP contribution in [0.15, 0.2) is 17.2 Å². The molecule has 21 heavy (non-hydrogen) atoms. The van der Waals surface area contributed by atoms with Crippen LogP contribution in [0.25, 0.3) is 0 Å². The van der Waals surface area contributed by atoms with E-state index in [1.165, 1.54) is 12.8 Å². The second kappa shape index (κ2) is 7.16. The Labute approximate surface area is 133 Å². The quantitative estimate of drug-likeness (QED) is 0.611. The van der Waals surface area contributed by atoms with Crippen LogP contribution in [-0.2, 0) is 22.4 Å². The van der Waals surface area contributed by atoms with E-state index in [9.17, 15) is 8.42 Å². The fourth-order valence-electron chi connectivity index (χ4n) is 3.06. The van der Waals surface area contributed by atoms with E-state index in [1.54, 1.807) is 23.6 Å². The Morgan fingerprint density at radius 2 is 1.90 bits per heavy atom. The first-order valence-corrected chi connectivity index (χ1v) is 9.71. The molecule has 0 atom stereocenters. The van der Waals surface area contributed by atoms with Crippen LogP contribution in [0.4, 0.5) is 0 Å². The molecule has 1 aromatic rings. The van der Waals surface area contributed by atoms with Gasteiger partial charge in [-0.3, -0.25) is 0 Å². The van der Waals surface area contributed by atoms with E-state index in [-0.39, 0.29) is 6.04 Å². The van der Waals surface area contributed by atoms with E-state index in [1.807, 2.05) is 11.5 Å². The summed E-state index contributed by atoms with van der Waals surface area (Å²) in [6, 6.07) is 1.83. The Hall–Kier alpha value is -0.520. The zero-order valence-corrected chi connectivity index (χ0v) is 14.5. The van der Waals surface area contributed by atoms with E-state index >= 15 is 0 Å². The lowest BCUT2D eigenvalue weighted by Crippen LogP contribution is -2.36. The van der Waals surface area contributed by atoms with Crippen molar-refractivity contribution in [1.82, 2.24) is 8.87 Å². The van der Waals surface area contributed by atoms with Gasteiger partial charge in [-0.05, 0) is 25.8 Å². The molecule has 0 unspecified atom stereocenters. The molecule has 1 aliphatic carbocycles. The Morgan fingerprint density at radius 1 is 1.29 bits per heavy atom. The SMILES string of the molecule is CCn1cc(S(=O)(=O)N(C)C2CCCCCC2)cc1CCl. The number of rotatable bonds is 5. The molecule has 1 saturated carbocycles. The summed E-state index contributed by atoms with van der Waals surface area (Å²) in [5.41, 5.74) is 0.854. The van der Waals surface area contributed by atoms with Gasteiger partial charge in [-0.1, -0.05) is 25.7 Å². The van der Waals surface area contributed by atoms with Crippen molar-refractivity contribution in [3.8, 4) is 0 Å². The number of aromatic nitrogens is 1. The molecule has 1 heterocycles. The molecule has 4 nitrogen and oxygen atoms in total. The predicted molar refractivity (Wildman–Crippen MR) is 86.1 cm³/mol. The molecule has 1 aliphatic rings. The first-order chi connectivity index (χ1) is 10.0. The Bertz CT molecular complexity index is 539. The van der Waals surface area contributed by atoms with Crippen LogP contribution < -0.4 is 0 Å². The fraction of sp³-hybridized carbons (Fsp3) is 0.733. The smallest absolute Gasteiger partial charge is 0.244 e. The van der Waals surface area contributed by atoms with Gasteiger partial charge in [0.2, 0.25) is 10.0 Å². The van der Waals surface area contributed by atoms with Crippen molar-refractivity contribution in [2.75, 3.05) is 7.05 Å². The van der Waals surface area contributed by atoms with Gasteiger partial charge < -0.3 is 4.57 Å². The van der Waals surface area contributed by atoms with Crippen molar-refractivity contribution in [3.05, 3.63) is 18.0 Å². The van der Waals surface area contributed by atoms with Gasteiger partial charge in [0.15, 0.2) is 0 Å². The maximum absolute atomic E-state index is 12.8. The Kier molecular flexibility index (Phi) is 5.74. The minimum atomic E-state index is -3.42. The molecular formula is C15H25ClN2O2S. The molecule has 1 aromatic heterocycles. The number of sulfonamides is 1. The van der Waals surface area contributed by atoms with E-state index in [0.29, 0.717) is 10.8 Å². The average molecular weight is 333 g/mol. The molecule has 0 spiro atoms. The maximum Gasteiger partial charge on any atom is 0.244 e. The number of nitrogens with zero attached hydrogens (tertiary/aromatic N) is 2. The number of hydrogen-bond donors (Lipinski definition) is 0. The van der Waals surface area contributed by atoms with E-state index < -0.39 is 10.0 Å². The van der Waals surface area contributed by atoms with Crippen molar-refractivity contribution in [1.29, 1.82) is 0 Å². The minimum absolute atomic E-state index is 0.127. The topological polar surface area (TPSA) is 42.3 Å². The van der Waals surface area contributed by atoms with Crippen LogP contribution in [0.3, 0.4) is 0 Å². The van der Waals surface area contributed by atoms with Gasteiger partial charge in [0.25, 0.3) is 0 Å². The van der Waals surface area contributed by atoms with E-state index in [2.05, 4.69) is 0 Å². The number of hydrogen-bond acceptors (Lipinski definition) is 2. The van der Waals surface area contributed by atoms with Crippen LogP contribution in [0.2, 0.25) is 0 Å². The minimum Gasteiger partial charge on any atom is -0.349 e. The van der Waals surface area contributed by atoms with Crippen LogP contribution in [-0.4, -0.2) is 30.4 Å². The average Bonchev–Trinajstić information content (AvgIpc) is 2.73. The third-order valence-corrected chi connectivity index (χ3v) is 6.60. The normalized spacial score (nSPS) is 18.1. The number of alkyl halides is 1. The lowest BCUT2D eigenvalue weighted by atomic mass is 10.1. The molecule has 0 amide bonds. The van der Waals surface area contributed by atoms with E-state index in [0.717, 1.165) is 37.9 Å². The number of aryl methyl sites for hydroxylation is 1. The summed E-state index contributed by atoms with van der Waals surface area (Å²) in [5.74, 6) is 0.330. The van der Waals surface area contributed by atoms with Crippen molar-refractivity contribution in [3.63, 3.8) is 0 Å². The van der Waals surface area contributed by atoms with Gasteiger partial charge in [0, 0.05) is 31.5 Å². The summed E-state index contributed by atoms with van der Waals surface area (Å²) in [4.78, 5) is 0.367. The van der Waals surface area contributed by atoms with Crippen molar-refractivity contribution in [2.24, 2.45) is 0 Å². The standard InChI is InChI=1S/C15H25ClN2O2S/c1-3-18-12-15(10-14(18)11-16)21(19,20)17(2)13-8-6-4-5-7-9-13/h10,12-13H,3-9,11H2,1-2H3. The third kappa shape index (κ3) is 3.63. The Balaban J connectivity index is 2.25. The molecule has 1 fully saturated rings. The molecule has 0 radical (unpaired) electrons. The lowest BCUT2D eigenvalue weighted by molar-refractivity contribution is 0.335. The highest BCUT2D eigenvalue weighted by Gasteiger charge is 2.29. The van der Waals surface area contributed by atoms with Gasteiger partial charge in [-0.2, -0.15) is 4.31 Å². The third-order valence-electron chi connectivity index (χ3n) is 4.45. The molecule has 0 aliphatic heterocycles. The zero-order valence-electron chi connectivity index (χ0n) is 12.9. The van der Waals surface area contributed by atoms with Gasteiger partial charge in [0.05, 0.1) is 5.88 Å². The molecule has 0 saturated heterocycles. The molecule has 2 rings (SSSR count). The van der Waals surface area contributed by atoms with Gasteiger partial charge in [-0.25, -0.2) is 8.42 Å². The zero-order chi connectivity index (χ0) is 15.5. The summed E-state index contributed by atoms with van der Waals surface area (Å²) < 4.78 is 29.1. The van der Waals surface area contributed by atoms with Crippen molar-refractivity contribution >= 4 is 21.6 Å². The van der Waals surface area contributed by atoms with Gasteiger partial charge in [-0.15, -0.1) is 11.6 Å².